The maximum atomic E-state index is 11.4. The lowest BCUT2D eigenvalue weighted by atomic mass is 9.76. The third kappa shape index (κ3) is 3.24. The van der Waals surface area contributed by atoms with E-state index in [2.05, 4.69) is 5.32 Å². The Labute approximate surface area is 122 Å². The number of hydrogen-bond donors (Lipinski definition) is 2. The number of aliphatic carboxylic acids is 1. The number of hydrogen-bond acceptors (Lipinski definition) is 5. The first-order valence-corrected chi connectivity index (χ1v) is 6.80. The van der Waals surface area contributed by atoms with Crippen LogP contribution in [0.2, 0.25) is 0 Å². The molecule has 0 radical (unpaired) electrons. The van der Waals surface area contributed by atoms with Gasteiger partial charge >= 0.3 is 5.97 Å². The Bertz CT molecular complexity index is 566. The maximum absolute atomic E-state index is 11.4. The van der Waals surface area contributed by atoms with E-state index in [-0.39, 0.29) is 11.8 Å². The van der Waals surface area contributed by atoms with E-state index in [1.165, 1.54) is 12.1 Å². The van der Waals surface area contributed by atoms with E-state index in [1.54, 1.807) is 6.07 Å². The first kappa shape index (κ1) is 15.1. The predicted octanol–water partition coefficient (Wildman–Crippen LogP) is 2.80. The number of nitro groups is 1. The highest BCUT2D eigenvalue weighted by molar-refractivity contribution is 5.84. The molecule has 2 rings (SSSR count). The highest BCUT2D eigenvalue weighted by atomic mass is 16.6. The molecule has 7 heteroatoms. The van der Waals surface area contributed by atoms with Gasteiger partial charge in [-0.05, 0) is 33.1 Å². The lowest BCUT2D eigenvalue weighted by Crippen LogP contribution is -2.52. The van der Waals surface area contributed by atoms with Crippen molar-refractivity contribution in [2.45, 2.75) is 44.8 Å². The molecule has 1 fully saturated rings. The van der Waals surface area contributed by atoms with Crippen LogP contribution >= 0.6 is 0 Å². The average molecular weight is 294 g/mol. The number of rotatable bonds is 6. The van der Waals surface area contributed by atoms with Crippen molar-refractivity contribution in [3.63, 3.8) is 0 Å². The van der Waals surface area contributed by atoms with Gasteiger partial charge in [0.2, 0.25) is 0 Å². The standard InChI is InChI=1S/C14H18N2O5/c1-9(2)21-12-7-10(6-11(8-12)16(19)20)15-14(13(17)18)4-3-5-14/h6-9,15H,3-5H2,1-2H3,(H,17,18). The van der Waals surface area contributed by atoms with Crippen LogP contribution in [0.25, 0.3) is 0 Å². The molecule has 7 nitrogen and oxygen atoms in total. The molecule has 0 aliphatic heterocycles. The molecule has 0 heterocycles. The molecular weight excluding hydrogens is 276 g/mol. The van der Waals surface area contributed by atoms with E-state index in [9.17, 15) is 20.0 Å². The second-order valence-corrected chi connectivity index (χ2v) is 5.51. The molecule has 1 aliphatic rings. The highest BCUT2D eigenvalue weighted by Crippen LogP contribution is 2.37. The fraction of sp³-hybridized carbons (Fsp3) is 0.500. The zero-order valence-corrected chi connectivity index (χ0v) is 12.0. The van der Waals surface area contributed by atoms with E-state index in [0.29, 0.717) is 24.3 Å². The number of carbonyl (C=O) groups is 1. The first-order chi connectivity index (χ1) is 9.82. The molecule has 1 aliphatic carbocycles. The molecular formula is C14H18N2O5. The summed E-state index contributed by atoms with van der Waals surface area (Å²) < 4.78 is 5.48. The second kappa shape index (κ2) is 5.59. The molecule has 21 heavy (non-hydrogen) atoms. The Morgan fingerprint density at radius 1 is 1.43 bits per heavy atom. The van der Waals surface area contributed by atoms with Crippen molar-refractivity contribution in [2.75, 3.05) is 5.32 Å². The Balaban J connectivity index is 2.31. The third-order valence-corrected chi connectivity index (χ3v) is 3.47. The largest absolute Gasteiger partial charge is 0.491 e. The smallest absolute Gasteiger partial charge is 0.329 e. The summed E-state index contributed by atoms with van der Waals surface area (Å²) in [6.07, 6.45) is 1.71. The zero-order valence-electron chi connectivity index (χ0n) is 12.0. The first-order valence-electron chi connectivity index (χ1n) is 6.80. The van der Waals surface area contributed by atoms with Gasteiger partial charge in [-0.15, -0.1) is 0 Å². The molecule has 0 spiro atoms. The van der Waals surface area contributed by atoms with Gasteiger partial charge < -0.3 is 15.2 Å². The van der Waals surface area contributed by atoms with E-state index < -0.39 is 16.4 Å². The summed E-state index contributed by atoms with van der Waals surface area (Å²) >= 11 is 0. The Morgan fingerprint density at radius 3 is 2.52 bits per heavy atom. The number of nitrogens with one attached hydrogen (secondary N) is 1. The minimum atomic E-state index is -1.02. The topological polar surface area (TPSA) is 102 Å². The number of carboxylic acids is 1. The van der Waals surface area contributed by atoms with Crippen LogP contribution in [0.15, 0.2) is 18.2 Å². The fourth-order valence-electron chi connectivity index (χ4n) is 2.30. The summed E-state index contributed by atoms with van der Waals surface area (Å²) in [6.45, 7) is 3.63. The molecule has 114 valence electrons. The molecule has 1 aromatic rings. The summed E-state index contributed by atoms with van der Waals surface area (Å²) in [4.78, 5) is 21.8. The van der Waals surface area contributed by atoms with Gasteiger partial charge in [-0.1, -0.05) is 0 Å². The van der Waals surface area contributed by atoms with Gasteiger partial charge in [0.25, 0.3) is 5.69 Å². The number of carboxylic acid groups (broad SMARTS) is 1. The fourth-order valence-corrected chi connectivity index (χ4v) is 2.30. The maximum Gasteiger partial charge on any atom is 0.329 e. The van der Waals surface area contributed by atoms with Gasteiger partial charge in [-0.3, -0.25) is 10.1 Å². The van der Waals surface area contributed by atoms with E-state index in [4.69, 9.17) is 4.74 Å². The number of nitro benzene ring substituents is 1. The van der Waals surface area contributed by atoms with Gasteiger partial charge in [0.05, 0.1) is 17.1 Å². The van der Waals surface area contributed by atoms with Crippen LogP contribution in [0, 0.1) is 10.1 Å². The van der Waals surface area contributed by atoms with Crippen molar-refractivity contribution in [3.05, 3.63) is 28.3 Å². The molecule has 0 atom stereocenters. The van der Waals surface area contributed by atoms with Crippen LogP contribution in [0.4, 0.5) is 11.4 Å². The molecule has 0 bridgehead atoms. The van der Waals surface area contributed by atoms with Gasteiger partial charge in [0.15, 0.2) is 0 Å². The SMILES string of the molecule is CC(C)Oc1cc(NC2(C(=O)O)CCC2)cc([N+](=O)[O-])c1. The van der Waals surface area contributed by atoms with Crippen LogP contribution in [0.5, 0.6) is 5.75 Å². The molecule has 0 aromatic heterocycles. The Hall–Kier alpha value is -2.31. The van der Waals surface area contributed by atoms with Crippen LogP contribution in [0.3, 0.4) is 0 Å². The quantitative estimate of drug-likeness (QED) is 0.618. The summed E-state index contributed by atoms with van der Waals surface area (Å²) in [5, 5.41) is 23.2. The highest BCUT2D eigenvalue weighted by Gasteiger charge is 2.44. The number of anilines is 1. The molecule has 0 unspecified atom stereocenters. The van der Waals surface area contributed by atoms with E-state index in [0.717, 1.165) is 6.42 Å². The van der Waals surface area contributed by atoms with Crippen LogP contribution in [0.1, 0.15) is 33.1 Å². The lowest BCUT2D eigenvalue weighted by molar-refractivity contribution is -0.384. The van der Waals surface area contributed by atoms with Crippen molar-refractivity contribution < 1.29 is 19.6 Å². The van der Waals surface area contributed by atoms with Crippen LogP contribution in [-0.2, 0) is 4.79 Å². The van der Waals surface area contributed by atoms with Crippen molar-refractivity contribution in [1.29, 1.82) is 0 Å². The van der Waals surface area contributed by atoms with Gasteiger partial charge in [0, 0.05) is 17.8 Å². The molecule has 2 N–H and O–H groups in total. The third-order valence-electron chi connectivity index (χ3n) is 3.47. The molecule has 0 saturated heterocycles. The van der Waals surface area contributed by atoms with Crippen LogP contribution < -0.4 is 10.1 Å². The van der Waals surface area contributed by atoms with E-state index >= 15 is 0 Å². The monoisotopic (exact) mass is 294 g/mol. The summed E-state index contributed by atoms with van der Waals surface area (Å²) in [5.41, 5.74) is -0.762. The van der Waals surface area contributed by atoms with E-state index in [1.807, 2.05) is 13.8 Å². The summed E-state index contributed by atoms with van der Waals surface area (Å²) in [7, 11) is 0. The zero-order chi connectivity index (χ0) is 15.6. The normalized spacial score (nSPS) is 16.1. The number of nitrogens with zero attached hydrogens (tertiary/aromatic N) is 1. The average Bonchev–Trinajstić information content (AvgIpc) is 2.32. The van der Waals surface area contributed by atoms with Crippen molar-refractivity contribution in [1.82, 2.24) is 0 Å². The number of benzene rings is 1. The predicted molar refractivity (Wildman–Crippen MR) is 76.7 cm³/mol. The molecule has 1 aromatic carbocycles. The second-order valence-electron chi connectivity index (χ2n) is 5.51. The van der Waals surface area contributed by atoms with Crippen molar-refractivity contribution >= 4 is 17.3 Å². The minimum absolute atomic E-state index is 0.128. The van der Waals surface area contributed by atoms with Crippen molar-refractivity contribution in [3.8, 4) is 5.75 Å². The summed E-state index contributed by atoms with van der Waals surface area (Å²) in [6, 6.07) is 4.26. The number of non-ortho nitro benzene ring substituents is 1. The lowest BCUT2D eigenvalue weighted by Gasteiger charge is -2.39. The van der Waals surface area contributed by atoms with Gasteiger partial charge in [0.1, 0.15) is 11.3 Å². The van der Waals surface area contributed by atoms with Crippen molar-refractivity contribution in [2.24, 2.45) is 0 Å². The summed E-state index contributed by atoms with van der Waals surface area (Å²) in [5.74, 6) is -0.590. The Morgan fingerprint density at radius 2 is 2.10 bits per heavy atom. The Kier molecular flexibility index (Phi) is 4.02. The van der Waals surface area contributed by atoms with Crippen LogP contribution in [-0.4, -0.2) is 27.6 Å². The minimum Gasteiger partial charge on any atom is -0.491 e. The van der Waals surface area contributed by atoms with Gasteiger partial charge in [-0.2, -0.15) is 0 Å². The molecule has 0 amide bonds. The molecule has 1 saturated carbocycles. The number of ether oxygens (including phenoxy) is 1. The van der Waals surface area contributed by atoms with Gasteiger partial charge in [-0.25, -0.2) is 4.79 Å².